The normalized spacial score (nSPS) is 20.2. The minimum absolute atomic E-state index is 0. The van der Waals surface area contributed by atoms with Crippen molar-refractivity contribution in [2.24, 2.45) is 0 Å². The van der Waals surface area contributed by atoms with Gasteiger partial charge in [-0.3, -0.25) is 4.21 Å². The van der Waals surface area contributed by atoms with Crippen LogP contribution in [0.4, 0.5) is 0 Å². The predicted octanol–water partition coefficient (Wildman–Crippen LogP) is 4.68. The van der Waals surface area contributed by atoms with Crippen LogP contribution in [-0.4, -0.2) is 9.46 Å². The molecule has 0 bridgehead atoms. The van der Waals surface area contributed by atoms with Crippen LogP contribution in [0.3, 0.4) is 0 Å². The van der Waals surface area contributed by atoms with Gasteiger partial charge in [-0.15, -0.1) is 0 Å². The van der Waals surface area contributed by atoms with Crippen molar-refractivity contribution in [3.05, 3.63) is 30.3 Å². The maximum Gasteiger partial charge on any atom is 0.0560 e. The molecule has 0 amide bonds. The van der Waals surface area contributed by atoms with Crippen molar-refractivity contribution in [3.63, 3.8) is 0 Å². The van der Waals surface area contributed by atoms with Crippen LogP contribution in [0.2, 0.25) is 0 Å². The van der Waals surface area contributed by atoms with E-state index in [0.29, 0.717) is 5.25 Å². The van der Waals surface area contributed by atoms with Gasteiger partial charge < -0.3 is 0 Å². The first-order valence-corrected chi connectivity index (χ1v) is 8.55. The number of hydrogen-bond donors (Lipinski definition) is 0. The number of hydrogen-bond acceptors (Lipinski definition) is 1. The third-order valence-electron chi connectivity index (χ3n) is 3.83. The van der Waals surface area contributed by atoms with Crippen molar-refractivity contribution >= 4 is 10.8 Å². The van der Waals surface area contributed by atoms with Gasteiger partial charge in [0, 0.05) is 27.2 Å². The van der Waals surface area contributed by atoms with Crippen molar-refractivity contribution in [1.82, 2.24) is 0 Å². The minimum atomic E-state index is -0.759. The smallest absolute Gasteiger partial charge is 0.0560 e. The first kappa shape index (κ1) is 16.9. The van der Waals surface area contributed by atoms with Crippen LogP contribution in [0.25, 0.3) is 0 Å². The van der Waals surface area contributed by atoms with Gasteiger partial charge in [0.2, 0.25) is 0 Å². The van der Waals surface area contributed by atoms with Crippen molar-refractivity contribution in [1.29, 1.82) is 0 Å². The summed E-state index contributed by atoms with van der Waals surface area (Å²) in [6, 6.07) is 9.82. The molecule has 2 fully saturated rings. The van der Waals surface area contributed by atoms with E-state index >= 15 is 0 Å². The van der Waals surface area contributed by atoms with Gasteiger partial charge >= 0.3 is 0 Å². The molecule has 3 heteroatoms. The molecular formula is C16H24FeOS. The second-order valence-electron chi connectivity index (χ2n) is 5.28. The summed E-state index contributed by atoms with van der Waals surface area (Å²) in [6.45, 7) is 0. The van der Waals surface area contributed by atoms with Gasteiger partial charge in [0.15, 0.2) is 0 Å². The molecule has 1 atom stereocenters. The maximum absolute atomic E-state index is 12.0. The van der Waals surface area contributed by atoms with Gasteiger partial charge in [0.1, 0.15) is 0 Å². The van der Waals surface area contributed by atoms with Gasteiger partial charge in [-0.05, 0) is 25.0 Å². The molecule has 2 saturated carbocycles. The Bertz CT molecular complexity index is 349. The largest absolute Gasteiger partial charge is 0.254 e. The zero-order valence-electron chi connectivity index (χ0n) is 11.5. The van der Waals surface area contributed by atoms with Crippen molar-refractivity contribution in [2.45, 2.75) is 67.9 Å². The average Bonchev–Trinajstić information content (AvgIpc) is 3.14. The van der Waals surface area contributed by atoms with E-state index in [1.807, 2.05) is 30.3 Å². The second kappa shape index (κ2) is 9.74. The third-order valence-corrected chi connectivity index (χ3v) is 5.64. The van der Waals surface area contributed by atoms with Crippen molar-refractivity contribution in [3.8, 4) is 0 Å². The van der Waals surface area contributed by atoms with Gasteiger partial charge in [-0.25, -0.2) is 0 Å². The van der Waals surface area contributed by atoms with E-state index in [0.717, 1.165) is 17.7 Å². The summed E-state index contributed by atoms with van der Waals surface area (Å²) in [6.07, 6.45) is 12.3. The fraction of sp³-hybridized carbons (Fsp3) is 0.625. The van der Waals surface area contributed by atoms with Crippen molar-refractivity contribution < 1.29 is 21.3 Å². The monoisotopic (exact) mass is 320 g/mol. The minimum Gasteiger partial charge on any atom is -0.254 e. The topological polar surface area (TPSA) is 17.1 Å². The third kappa shape index (κ3) is 5.81. The van der Waals surface area contributed by atoms with E-state index in [2.05, 4.69) is 0 Å². The van der Waals surface area contributed by atoms with E-state index in [9.17, 15) is 4.21 Å². The molecule has 0 radical (unpaired) electrons. The molecular weight excluding hydrogens is 296 g/mol. The van der Waals surface area contributed by atoms with Crippen LogP contribution in [0.15, 0.2) is 35.2 Å². The molecule has 2 aliphatic rings. The summed E-state index contributed by atoms with van der Waals surface area (Å²) in [5.74, 6) is 0. The zero-order valence-corrected chi connectivity index (χ0v) is 13.4. The maximum atomic E-state index is 12.0. The quantitative estimate of drug-likeness (QED) is 0.723. The summed E-state index contributed by atoms with van der Waals surface area (Å²) >= 11 is 0. The average molecular weight is 320 g/mol. The van der Waals surface area contributed by atoms with E-state index in [-0.39, 0.29) is 17.1 Å². The molecule has 0 aliphatic heterocycles. The molecule has 2 aliphatic carbocycles. The Morgan fingerprint density at radius 1 is 0.789 bits per heavy atom. The molecule has 108 valence electrons. The predicted molar refractivity (Wildman–Crippen MR) is 78.2 cm³/mol. The van der Waals surface area contributed by atoms with E-state index in [1.54, 1.807) is 0 Å². The molecule has 0 saturated heterocycles. The Balaban J connectivity index is 0.000000256. The van der Waals surface area contributed by atoms with Gasteiger partial charge in [-0.1, -0.05) is 63.1 Å². The molecule has 1 nitrogen and oxygen atoms in total. The van der Waals surface area contributed by atoms with E-state index in [1.165, 1.54) is 44.9 Å². The van der Waals surface area contributed by atoms with Crippen LogP contribution in [-0.2, 0) is 27.9 Å². The molecule has 0 heterocycles. The zero-order chi connectivity index (χ0) is 12.6. The molecule has 3 rings (SSSR count). The van der Waals surface area contributed by atoms with Crippen LogP contribution in [0.5, 0.6) is 0 Å². The van der Waals surface area contributed by atoms with Crippen LogP contribution in [0.1, 0.15) is 57.8 Å². The molecule has 1 aromatic rings. The van der Waals surface area contributed by atoms with Crippen LogP contribution < -0.4 is 0 Å². The molecule has 1 aromatic carbocycles. The van der Waals surface area contributed by atoms with Crippen LogP contribution >= 0.6 is 0 Å². The Labute approximate surface area is 130 Å². The molecule has 19 heavy (non-hydrogen) atoms. The molecule has 0 unspecified atom stereocenters. The first-order valence-electron chi connectivity index (χ1n) is 7.33. The Kier molecular flexibility index (Phi) is 8.69. The van der Waals surface area contributed by atoms with Gasteiger partial charge in [0.05, 0.1) is 10.8 Å². The Hall–Kier alpha value is -0.111. The fourth-order valence-electron chi connectivity index (χ4n) is 2.73. The van der Waals surface area contributed by atoms with E-state index < -0.39 is 10.8 Å². The Morgan fingerprint density at radius 2 is 1.26 bits per heavy atom. The van der Waals surface area contributed by atoms with Crippen molar-refractivity contribution in [2.75, 3.05) is 0 Å². The molecule has 0 spiro atoms. The number of benzene rings is 1. The summed E-state index contributed by atoms with van der Waals surface area (Å²) < 4.78 is 12.0. The standard InChI is InChI=1S/C11H14OS.C5H10.Fe/c12-13(11-8-4-5-9-11)10-6-2-1-3-7-10;1-2-4-5-3-1;/h1-3,6-7,11H,4-5,8-9H2;1-5H2;/t13-;;/m0../s1. The van der Waals surface area contributed by atoms with E-state index in [4.69, 9.17) is 0 Å². The van der Waals surface area contributed by atoms with Gasteiger partial charge in [-0.2, -0.15) is 0 Å². The van der Waals surface area contributed by atoms with Gasteiger partial charge in [0.25, 0.3) is 0 Å². The summed E-state index contributed by atoms with van der Waals surface area (Å²) in [7, 11) is -0.759. The summed E-state index contributed by atoms with van der Waals surface area (Å²) in [5, 5.41) is 0.419. The number of rotatable bonds is 2. The molecule has 0 N–H and O–H groups in total. The van der Waals surface area contributed by atoms with Crippen LogP contribution in [0, 0.1) is 0 Å². The Morgan fingerprint density at radius 3 is 1.74 bits per heavy atom. The SMILES string of the molecule is C1CCCC1.O=[S@@](c1ccccc1)C1CCCC1.[Fe]. The second-order valence-corrected chi connectivity index (χ2v) is 7.02. The summed E-state index contributed by atoms with van der Waals surface area (Å²) in [4.78, 5) is 0.995. The summed E-state index contributed by atoms with van der Waals surface area (Å²) in [5.41, 5.74) is 0. The first-order chi connectivity index (χ1) is 8.88. The molecule has 0 aromatic heterocycles. The fourth-order valence-corrected chi connectivity index (χ4v) is 4.31.